The van der Waals surface area contributed by atoms with E-state index in [1.165, 1.54) is 19.3 Å². The van der Waals surface area contributed by atoms with Gasteiger partial charge in [-0.1, -0.05) is 42.7 Å². The Bertz CT molecular complexity index is 552. The quantitative estimate of drug-likeness (QED) is 0.874. The van der Waals surface area contributed by atoms with Crippen molar-refractivity contribution >= 4 is 38.3 Å². The minimum atomic E-state index is 0.780. The smallest absolute Gasteiger partial charge is 0.183 e. The number of hydrogen-bond donors (Lipinski definition) is 1. The molecule has 1 aliphatic carbocycles. The Morgan fingerprint density at radius 2 is 2.33 bits per heavy atom. The van der Waals surface area contributed by atoms with Crippen molar-refractivity contribution in [3.8, 4) is 0 Å². The van der Waals surface area contributed by atoms with Crippen molar-refractivity contribution in [3.63, 3.8) is 0 Å². The monoisotopic (exact) mass is 280 g/mol. The van der Waals surface area contributed by atoms with Crippen molar-refractivity contribution in [3.05, 3.63) is 23.2 Å². The van der Waals surface area contributed by atoms with Gasteiger partial charge in [-0.15, -0.1) is 0 Å². The number of nitrogens with one attached hydrogen (secondary N) is 1. The zero-order valence-corrected chi connectivity index (χ0v) is 12.0. The highest BCUT2D eigenvalue weighted by Crippen LogP contribution is 2.33. The fraction of sp³-hybridized carbons (Fsp3) is 0.500. The van der Waals surface area contributed by atoms with E-state index in [0.717, 1.165) is 38.8 Å². The highest BCUT2D eigenvalue weighted by molar-refractivity contribution is 7.22. The molecule has 18 heavy (non-hydrogen) atoms. The first kappa shape index (κ1) is 12.2. The van der Waals surface area contributed by atoms with Gasteiger partial charge in [-0.3, -0.25) is 0 Å². The van der Waals surface area contributed by atoms with Crippen molar-refractivity contribution in [1.82, 2.24) is 4.98 Å². The lowest BCUT2D eigenvalue weighted by atomic mass is 9.98. The second kappa shape index (κ2) is 5.06. The van der Waals surface area contributed by atoms with Crippen LogP contribution in [0.25, 0.3) is 10.2 Å². The largest absolute Gasteiger partial charge is 0.361 e. The topological polar surface area (TPSA) is 24.9 Å². The summed E-state index contributed by atoms with van der Waals surface area (Å²) in [6.07, 6.45) is 4.11. The first-order chi connectivity index (χ1) is 8.72. The van der Waals surface area contributed by atoms with Gasteiger partial charge in [-0.05, 0) is 36.5 Å². The zero-order valence-electron chi connectivity index (χ0n) is 10.4. The van der Waals surface area contributed by atoms with Crippen LogP contribution in [0.1, 0.15) is 26.2 Å². The molecule has 2 aromatic rings. The molecule has 2 nitrogen and oxygen atoms in total. The highest BCUT2D eigenvalue weighted by Gasteiger charge is 2.23. The number of nitrogens with zero attached hydrogens (tertiary/aromatic N) is 1. The Labute approximate surface area is 116 Å². The van der Waals surface area contributed by atoms with Gasteiger partial charge in [-0.25, -0.2) is 4.98 Å². The van der Waals surface area contributed by atoms with E-state index < -0.39 is 0 Å². The van der Waals surface area contributed by atoms with Crippen LogP contribution in [0.3, 0.4) is 0 Å². The number of halogens is 1. The molecular weight excluding hydrogens is 264 g/mol. The van der Waals surface area contributed by atoms with Gasteiger partial charge in [0.25, 0.3) is 0 Å². The van der Waals surface area contributed by atoms with E-state index in [1.807, 2.05) is 18.2 Å². The molecule has 0 spiro atoms. The lowest BCUT2D eigenvalue weighted by molar-refractivity contribution is 0.439. The molecule has 96 valence electrons. The van der Waals surface area contributed by atoms with Crippen LogP contribution < -0.4 is 5.32 Å². The van der Waals surface area contributed by atoms with Crippen molar-refractivity contribution in [1.29, 1.82) is 0 Å². The molecule has 1 heterocycles. The van der Waals surface area contributed by atoms with Crippen LogP contribution in [0.15, 0.2) is 18.2 Å². The van der Waals surface area contributed by atoms with Gasteiger partial charge in [0.05, 0.1) is 10.2 Å². The molecule has 0 aliphatic heterocycles. The third-order valence-corrected chi connectivity index (χ3v) is 5.12. The summed E-state index contributed by atoms with van der Waals surface area (Å²) < 4.78 is 1.16. The van der Waals surface area contributed by atoms with Gasteiger partial charge < -0.3 is 5.32 Å². The standard InChI is InChI=1S/C14H17ClN2S/c1-9-3-2-4-10(9)8-16-14-17-12-6-5-11(15)7-13(12)18-14/h5-7,9-10H,2-4,8H2,1H3,(H,16,17). The second-order valence-corrected chi connectivity index (χ2v) is 6.65. The summed E-state index contributed by atoms with van der Waals surface area (Å²) in [4.78, 5) is 4.59. The van der Waals surface area contributed by atoms with Crippen LogP contribution in [0, 0.1) is 11.8 Å². The molecule has 2 unspecified atom stereocenters. The van der Waals surface area contributed by atoms with Crippen molar-refractivity contribution in [2.45, 2.75) is 26.2 Å². The Morgan fingerprint density at radius 3 is 3.11 bits per heavy atom. The molecule has 2 atom stereocenters. The maximum atomic E-state index is 5.99. The van der Waals surface area contributed by atoms with E-state index in [1.54, 1.807) is 11.3 Å². The molecule has 1 saturated carbocycles. The molecule has 0 amide bonds. The summed E-state index contributed by atoms with van der Waals surface area (Å²) in [5.74, 6) is 1.65. The molecule has 4 heteroatoms. The fourth-order valence-electron chi connectivity index (χ4n) is 2.72. The maximum Gasteiger partial charge on any atom is 0.183 e. The van der Waals surface area contributed by atoms with Gasteiger partial charge in [0.1, 0.15) is 0 Å². The van der Waals surface area contributed by atoms with Crippen LogP contribution in [0.5, 0.6) is 0 Å². The number of hydrogen-bond acceptors (Lipinski definition) is 3. The van der Waals surface area contributed by atoms with Gasteiger partial charge in [0, 0.05) is 11.6 Å². The highest BCUT2D eigenvalue weighted by atomic mass is 35.5. The van der Waals surface area contributed by atoms with E-state index in [-0.39, 0.29) is 0 Å². The van der Waals surface area contributed by atoms with E-state index in [9.17, 15) is 0 Å². The van der Waals surface area contributed by atoms with Crippen LogP contribution >= 0.6 is 22.9 Å². The minimum Gasteiger partial charge on any atom is -0.361 e. The van der Waals surface area contributed by atoms with Gasteiger partial charge in [-0.2, -0.15) is 0 Å². The van der Waals surface area contributed by atoms with E-state index >= 15 is 0 Å². The predicted molar refractivity (Wildman–Crippen MR) is 79.6 cm³/mol. The first-order valence-corrected chi connectivity index (χ1v) is 7.72. The van der Waals surface area contributed by atoms with E-state index in [2.05, 4.69) is 17.2 Å². The average molecular weight is 281 g/mol. The lowest BCUT2D eigenvalue weighted by Crippen LogP contribution is -2.16. The third kappa shape index (κ3) is 2.47. The summed E-state index contributed by atoms with van der Waals surface area (Å²) in [5, 5.41) is 5.29. The molecule has 1 fully saturated rings. The van der Waals surface area contributed by atoms with Crippen molar-refractivity contribution < 1.29 is 0 Å². The molecule has 3 rings (SSSR count). The summed E-state index contributed by atoms with van der Waals surface area (Å²) in [6, 6.07) is 5.86. The maximum absolute atomic E-state index is 5.99. The Kier molecular flexibility index (Phi) is 3.44. The molecule has 1 aliphatic rings. The Morgan fingerprint density at radius 1 is 1.44 bits per heavy atom. The van der Waals surface area contributed by atoms with Gasteiger partial charge in [0.2, 0.25) is 0 Å². The van der Waals surface area contributed by atoms with Crippen LogP contribution in [0.4, 0.5) is 5.13 Å². The van der Waals surface area contributed by atoms with Crippen LogP contribution in [-0.4, -0.2) is 11.5 Å². The zero-order chi connectivity index (χ0) is 12.5. The molecule has 1 aromatic heterocycles. The molecule has 0 bridgehead atoms. The molecule has 0 saturated heterocycles. The molecular formula is C14H17ClN2S. The Balaban J connectivity index is 1.71. The number of rotatable bonds is 3. The first-order valence-electron chi connectivity index (χ1n) is 6.52. The summed E-state index contributed by atoms with van der Waals surface area (Å²) >= 11 is 7.68. The molecule has 1 aromatic carbocycles. The average Bonchev–Trinajstić information content (AvgIpc) is 2.92. The number of anilines is 1. The van der Waals surface area contributed by atoms with Crippen LogP contribution in [0.2, 0.25) is 5.02 Å². The number of benzene rings is 1. The molecule has 0 radical (unpaired) electrons. The van der Waals surface area contributed by atoms with Crippen molar-refractivity contribution in [2.75, 3.05) is 11.9 Å². The van der Waals surface area contributed by atoms with Crippen molar-refractivity contribution in [2.24, 2.45) is 11.8 Å². The Hall–Kier alpha value is -0.800. The fourth-order valence-corrected chi connectivity index (χ4v) is 3.87. The number of fused-ring (bicyclic) bond motifs is 1. The van der Waals surface area contributed by atoms with E-state index in [4.69, 9.17) is 11.6 Å². The molecule has 1 N–H and O–H groups in total. The number of thiazole rings is 1. The SMILES string of the molecule is CC1CCCC1CNc1nc2ccc(Cl)cc2s1. The normalized spacial score (nSPS) is 23.7. The second-order valence-electron chi connectivity index (χ2n) is 5.18. The summed E-state index contributed by atoms with van der Waals surface area (Å²) in [7, 11) is 0. The van der Waals surface area contributed by atoms with Crippen LogP contribution in [-0.2, 0) is 0 Å². The lowest BCUT2D eigenvalue weighted by Gasteiger charge is -2.14. The van der Waals surface area contributed by atoms with E-state index in [0.29, 0.717) is 0 Å². The summed E-state index contributed by atoms with van der Waals surface area (Å²) in [5.41, 5.74) is 1.03. The number of aromatic nitrogens is 1. The van der Waals surface area contributed by atoms with Gasteiger partial charge in [0.15, 0.2) is 5.13 Å². The summed E-state index contributed by atoms with van der Waals surface area (Å²) in [6.45, 7) is 3.41. The minimum absolute atomic E-state index is 0.780. The van der Waals surface area contributed by atoms with Gasteiger partial charge >= 0.3 is 0 Å². The third-order valence-electron chi connectivity index (χ3n) is 3.91. The predicted octanol–water partition coefficient (Wildman–Crippen LogP) is 4.80.